The van der Waals surface area contributed by atoms with Crippen molar-refractivity contribution in [3.05, 3.63) is 29.6 Å². The van der Waals surface area contributed by atoms with Crippen LogP contribution in [0.1, 0.15) is 44.6 Å². The number of hydrogen-bond donors (Lipinski definition) is 2. The molecule has 4 heteroatoms. The van der Waals surface area contributed by atoms with Gasteiger partial charge in [0.2, 0.25) is 0 Å². The van der Waals surface area contributed by atoms with Gasteiger partial charge in [0.25, 0.3) is 0 Å². The Bertz CT molecular complexity index is 437. The van der Waals surface area contributed by atoms with E-state index in [0.717, 1.165) is 37.2 Å². The molecule has 1 aromatic carbocycles. The Hall–Kier alpha value is -1.13. The molecular weight excluding hydrogens is 257 g/mol. The number of hydrogen-bond acceptors (Lipinski definition) is 3. The van der Waals surface area contributed by atoms with Gasteiger partial charge < -0.3 is 15.2 Å². The molecule has 3 nitrogen and oxygen atoms in total. The molecule has 0 bridgehead atoms. The number of aliphatic hydroxyl groups is 1. The van der Waals surface area contributed by atoms with E-state index < -0.39 is 5.60 Å². The summed E-state index contributed by atoms with van der Waals surface area (Å²) < 4.78 is 19.3. The molecule has 0 saturated carbocycles. The van der Waals surface area contributed by atoms with Crippen LogP contribution >= 0.6 is 0 Å². The summed E-state index contributed by atoms with van der Waals surface area (Å²) in [5.74, 6) is 0.889. The van der Waals surface area contributed by atoms with Crippen LogP contribution in [0.3, 0.4) is 0 Å². The Kier molecular flexibility index (Phi) is 5.00. The minimum atomic E-state index is -0.741. The first-order valence-corrected chi connectivity index (χ1v) is 7.31. The molecule has 1 aliphatic heterocycles. The molecule has 20 heavy (non-hydrogen) atoms. The highest BCUT2D eigenvalue weighted by molar-refractivity contribution is 5.37. The molecule has 112 valence electrons. The summed E-state index contributed by atoms with van der Waals surface area (Å²) in [5.41, 5.74) is 0.219. The highest BCUT2D eigenvalue weighted by Gasteiger charge is 2.20. The van der Waals surface area contributed by atoms with Crippen molar-refractivity contribution in [3.8, 4) is 5.75 Å². The van der Waals surface area contributed by atoms with Crippen LogP contribution in [0, 0.1) is 5.82 Å². The van der Waals surface area contributed by atoms with Crippen LogP contribution in [-0.4, -0.2) is 30.4 Å². The summed E-state index contributed by atoms with van der Waals surface area (Å²) in [6.45, 7) is 5.88. The van der Waals surface area contributed by atoms with E-state index in [0.29, 0.717) is 18.9 Å². The molecule has 1 aliphatic rings. The summed E-state index contributed by atoms with van der Waals surface area (Å²) in [4.78, 5) is 0. The van der Waals surface area contributed by atoms with Crippen molar-refractivity contribution in [2.75, 3.05) is 19.7 Å². The van der Waals surface area contributed by atoms with Gasteiger partial charge in [-0.25, -0.2) is 4.39 Å². The van der Waals surface area contributed by atoms with Crippen LogP contribution in [0.4, 0.5) is 4.39 Å². The lowest BCUT2D eigenvalue weighted by molar-refractivity contribution is 0.0551. The van der Waals surface area contributed by atoms with Crippen LogP contribution in [0.15, 0.2) is 18.2 Å². The fourth-order valence-corrected chi connectivity index (χ4v) is 2.51. The Morgan fingerprint density at radius 1 is 1.35 bits per heavy atom. The lowest BCUT2D eigenvalue weighted by Crippen LogP contribution is -2.27. The normalized spacial score (nSPS) is 17.2. The van der Waals surface area contributed by atoms with Crippen LogP contribution in [0.2, 0.25) is 0 Å². The topological polar surface area (TPSA) is 41.5 Å². The van der Waals surface area contributed by atoms with E-state index >= 15 is 0 Å². The van der Waals surface area contributed by atoms with Gasteiger partial charge in [-0.15, -0.1) is 0 Å². The Balaban J connectivity index is 2.07. The molecule has 1 saturated heterocycles. The van der Waals surface area contributed by atoms with Gasteiger partial charge in [0.15, 0.2) is 0 Å². The maximum absolute atomic E-state index is 13.5. The molecule has 1 aromatic rings. The predicted molar refractivity (Wildman–Crippen MR) is 77.7 cm³/mol. The summed E-state index contributed by atoms with van der Waals surface area (Å²) in [7, 11) is 0. The molecule has 1 fully saturated rings. The van der Waals surface area contributed by atoms with Gasteiger partial charge in [0, 0.05) is 12.0 Å². The molecule has 2 N–H and O–H groups in total. The SMILES string of the molecule is CC(C)(O)CCOc1ccc(F)cc1C1CCNCC1. The zero-order valence-electron chi connectivity index (χ0n) is 12.3. The van der Waals surface area contributed by atoms with Gasteiger partial charge in [-0.3, -0.25) is 0 Å². The third-order valence-corrected chi connectivity index (χ3v) is 3.72. The quantitative estimate of drug-likeness (QED) is 0.872. The van der Waals surface area contributed by atoms with Crippen molar-refractivity contribution < 1.29 is 14.2 Å². The average Bonchev–Trinajstić information content (AvgIpc) is 2.40. The van der Waals surface area contributed by atoms with Gasteiger partial charge >= 0.3 is 0 Å². The zero-order valence-corrected chi connectivity index (χ0v) is 12.3. The standard InChI is InChI=1S/C16H24FNO2/c1-16(2,19)7-10-20-15-4-3-13(17)11-14(15)12-5-8-18-9-6-12/h3-4,11-12,18-19H,5-10H2,1-2H3. The smallest absolute Gasteiger partial charge is 0.123 e. The maximum Gasteiger partial charge on any atom is 0.123 e. The number of ether oxygens (including phenoxy) is 1. The lowest BCUT2D eigenvalue weighted by atomic mass is 9.89. The van der Waals surface area contributed by atoms with Crippen LogP contribution in [-0.2, 0) is 0 Å². The fraction of sp³-hybridized carbons (Fsp3) is 0.625. The second-order valence-electron chi connectivity index (χ2n) is 6.12. The van der Waals surface area contributed by atoms with E-state index in [2.05, 4.69) is 5.32 Å². The summed E-state index contributed by atoms with van der Waals surface area (Å²) in [6.07, 6.45) is 2.56. The molecule has 0 aliphatic carbocycles. The van der Waals surface area contributed by atoms with Crippen molar-refractivity contribution in [1.82, 2.24) is 5.32 Å². The summed E-state index contributed by atoms with van der Waals surface area (Å²) >= 11 is 0. The van der Waals surface area contributed by atoms with Gasteiger partial charge in [0.05, 0.1) is 12.2 Å². The molecule has 0 unspecified atom stereocenters. The van der Waals surface area contributed by atoms with Gasteiger partial charge in [-0.05, 0) is 63.9 Å². The van der Waals surface area contributed by atoms with Crippen molar-refractivity contribution in [1.29, 1.82) is 0 Å². The van der Waals surface area contributed by atoms with Crippen LogP contribution < -0.4 is 10.1 Å². The monoisotopic (exact) mass is 281 g/mol. The third kappa shape index (κ3) is 4.46. The van der Waals surface area contributed by atoms with Gasteiger partial charge in [-0.2, -0.15) is 0 Å². The van der Waals surface area contributed by atoms with Crippen LogP contribution in [0.5, 0.6) is 5.75 Å². The zero-order chi connectivity index (χ0) is 14.6. The molecule has 0 atom stereocenters. The van der Waals surface area contributed by atoms with Crippen molar-refractivity contribution >= 4 is 0 Å². The second kappa shape index (κ2) is 6.55. The first-order valence-electron chi connectivity index (χ1n) is 7.31. The first-order chi connectivity index (χ1) is 9.46. The average molecular weight is 281 g/mol. The molecule has 0 spiro atoms. The predicted octanol–water partition coefficient (Wildman–Crippen LogP) is 2.83. The van der Waals surface area contributed by atoms with Crippen LogP contribution in [0.25, 0.3) is 0 Å². The number of nitrogens with one attached hydrogen (secondary N) is 1. The highest BCUT2D eigenvalue weighted by atomic mass is 19.1. The molecular formula is C16H24FNO2. The van der Waals surface area contributed by atoms with Crippen molar-refractivity contribution in [2.24, 2.45) is 0 Å². The number of benzene rings is 1. The minimum absolute atomic E-state index is 0.214. The highest BCUT2D eigenvalue weighted by Crippen LogP contribution is 2.33. The lowest BCUT2D eigenvalue weighted by Gasteiger charge is -2.25. The minimum Gasteiger partial charge on any atom is -0.493 e. The van der Waals surface area contributed by atoms with Gasteiger partial charge in [-0.1, -0.05) is 0 Å². The largest absolute Gasteiger partial charge is 0.493 e. The van der Waals surface area contributed by atoms with Crippen molar-refractivity contribution in [3.63, 3.8) is 0 Å². The van der Waals surface area contributed by atoms with E-state index in [1.54, 1.807) is 26.0 Å². The number of rotatable bonds is 5. The summed E-state index contributed by atoms with van der Waals surface area (Å²) in [5, 5.41) is 13.0. The Labute approximate surface area is 120 Å². The van der Waals surface area contributed by atoms with E-state index in [9.17, 15) is 9.50 Å². The van der Waals surface area contributed by atoms with E-state index in [4.69, 9.17) is 4.74 Å². The molecule has 2 rings (SSSR count). The number of halogens is 1. The Morgan fingerprint density at radius 3 is 2.70 bits per heavy atom. The maximum atomic E-state index is 13.5. The Morgan fingerprint density at radius 2 is 2.05 bits per heavy atom. The molecule has 1 heterocycles. The van der Waals surface area contributed by atoms with Gasteiger partial charge in [0.1, 0.15) is 11.6 Å². The first kappa shape index (κ1) is 15.3. The summed E-state index contributed by atoms with van der Waals surface area (Å²) in [6, 6.07) is 4.73. The van der Waals surface area contributed by atoms with E-state index in [-0.39, 0.29) is 5.82 Å². The molecule has 0 aromatic heterocycles. The van der Waals surface area contributed by atoms with E-state index in [1.807, 2.05) is 0 Å². The fourth-order valence-electron chi connectivity index (χ4n) is 2.51. The van der Waals surface area contributed by atoms with Crippen molar-refractivity contribution in [2.45, 2.75) is 44.6 Å². The second-order valence-corrected chi connectivity index (χ2v) is 6.12. The molecule has 0 amide bonds. The molecule has 0 radical (unpaired) electrons. The number of piperidine rings is 1. The van der Waals surface area contributed by atoms with E-state index in [1.165, 1.54) is 6.07 Å². The third-order valence-electron chi connectivity index (χ3n) is 3.72.